The van der Waals surface area contributed by atoms with Crippen LogP contribution in [0.5, 0.6) is 0 Å². The predicted octanol–water partition coefficient (Wildman–Crippen LogP) is 4.32. The molecule has 0 aromatic carbocycles. The summed E-state index contributed by atoms with van der Waals surface area (Å²) < 4.78 is 0. The van der Waals surface area contributed by atoms with E-state index in [4.69, 9.17) is 4.99 Å². The molecule has 2 unspecified atom stereocenters. The summed E-state index contributed by atoms with van der Waals surface area (Å²) in [4.78, 5) is 4.72. The summed E-state index contributed by atoms with van der Waals surface area (Å²) in [6.07, 6.45) is 3.79. The van der Waals surface area contributed by atoms with Crippen molar-refractivity contribution < 1.29 is 0 Å². The fourth-order valence-electron chi connectivity index (χ4n) is 3.18. The number of hydrogen-bond donors (Lipinski definition) is 0. The third kappa shape index (κ3) is 2.62. The Labute approximate surface area is 95.4 Å². The third-order valence-electron chi connectivity index (χ3n) is 4.26. The average molecular weight is 209 g/mol. The lowest BCUT2D eigenvalue weighted by atomic mass is 9.58. The largest absolute Gasteiger partial charge is 0.294 e. The van der Waals surface area contributed by atoms with Gasteiger partial charge in [-0.1, -0.05) is 41.0 Å². The minimum atomic E-state index is 0.436. The molecule has 0 aromatic heterocycles. The summed E-state index contributed by atoms with van der Waals surface area (Å²) in [5.74, 6) is 0.662. The molecule has 0 saturated heterocycles. The van der Waals surface area contributed by atoms with Gasteiger partial charge in [-0.15, -0.1) is 0 Å². The molecule has 0 heterocycles. The molecule has 15 heavy (non-hydrogen) atoms. The Kier molecular flexibility index (Phi) is 3.63. The molecule has 1 aliphatic rings. The van der Waals surface area contributed by atoms with Crippen molar-refractivity contribution >= 4 is 5.71 Å². The van der Waals surface area contributed by atoms with Gasteiger partial charge in [-0.2, -0.15) is 0 Å². The monoisotopic (exact) mass is 209 g/mol. The molecule has 0 N–H and O–H groups in total. The van der Waals surface area contributed by atoms with Gasteiger partial charge in [-0.25, -0.2) is 0 Å². The highest BCUT2D eigenvalue weighted by molar-refractivity contribution is 5.88. The second-order valence-corrected chi connectivity index (χ2v) is 6.21. The quantitative estimate of drug-likeness (QED) is 0.642. The van der Waals surface area contributed by atoms with E-state index in [2.05, 4.69) is 41.5 Å². The summed E-state index contributed by atoms with van der Waals surface area (Å²) in [6, 6.07) is 0. The molecule has 1 nitrogen and oxygen atoms in total. The van der Waals surface area contributed by atoms with Crippen LogP contribution in [0.3, 0.4) is 0 Å². The number of aliphatic imine (C=N–C) groups is 1. The molecule has 0 aromatic rings. The molecule has 2 atom stereocenters. The van der Waals surface area contributed by atoms with Crippen molar-refractivity contribution in [3.63, 3.8) is 0 Å². The molecule has 0 radical (unpaired) electrons. The molecule has 1 saturated carbocycles. The Morgan fingerprint density at radius 3 is 2.33 bits per heavy atom. The normalized spacial score (nSPS) is 38.3. The van der Waals surface area contributed by atoms with Crippen LogP contribution in [0.25, 0.3) is 0 Å². The van der Waals surface area contributed by atoms with Crippen molar-refractivity contribution in [1.82, 2.24) is 0 Å². The lowest BCUT2D eigenvalue weighted by molar-refractivity contribution is 0.113. The zero-order valence-electron chi connectivity index (χ0n) is 11.4. The van der Waals surface area contributed by atoms with Crippen LogP contribution in [0.4, 0.5) is 0 Å². The summed E-state index contributed by atoms with van der Waals surface area (Å²) in [7, 11) is 0. The van der Waals surface area contributed by atoms with Crippen LogP contribution >= 0.6 is 0 Å². The Hall–Kier alpha value is -0.330. The second kappa shape index (κ2) is 4.27. The highest BCUT2D eigenvalue weighted by Gasteiger charge is 2.43. The fourth-order valence-corrected chi connectivity index (χ4v) is 3.18. The van der Waals surface area contributed by atoms with Gasteiger partial charge in [0.25, 0.3) is 0 Å². The number of nitrogens with zero attached hydrogens (tertiary/aromatic N) is 1. The maximum absolute atomic E-state index is 4.72. The van der Waals surface area contributed by atoms with E-state index < -0.39 is 0 Å². The number of hydrogen-bond acceptors (Lipinski definition) is 1. The second-order valence-electron chi connectivity index (χ2n) is 6.21. The van der Waals surface area contributed by atoms with E-state index in [1.54, 1.807) is 0 Å². The van der Waals surface area contributed by atoms with Crippen LogP contribution in [0.2, 0.25) is 0 Å². The SMILES string of the molecule is CCN=C1CC(C)(C)CC(C)(CC)C1C. The molecule has 1 rings (SSSR count). The molecule has 1 fully saturated rings. The van der Waals surface area contributed by atoms with Crippen LogP contribution in [0.1, 0.15) is 60.8 Å². The van der Waals surface area contributed by atoms with Gasteiger partial charge in [0.2, 0.25) is 0 Å². The topological polar surface area (TPSA) is 12.4 Å². The van der Waals surface area contributed by atoms with Gasteiger partial charge in [0.1, 0.15) is 0 Å². The first-order valence-corrected chi connectivity index (χ1v) is 6.38. The molecule has 0 spiro atoms. The van der Waals surface area contributed by atoms with Crippen molar-refractivity contribution in [3.8, 4) is 0 Å². The van der Waals surface area contributed by atoms with Crippen molar-refractivity contribution in [2.75, 3.05) is 6.54 Å². The number of rotatable bonds is 2. The standard InChI is InChI=1S/C14H27N/c1-7-14(6)10-13(4,5)9-12(11(14)3)15-8-2/h11H,7-10H2,1-6H3. The first-order chi connectivity index (χ1) is 6.84. The maximum Gasteiger partial charge on any atom is 0.0360 e. The Morgan fingerprint density at radius 2 is 1.87 bits per heavy atom. The van der Waals surface area contributed by atoms with Crippen molar-refractivity contribution in [2.45, 2.75) is 60.8 Å². The van der Waals surface area contributed by atoms with E-state index in [9.17, 15) is 0 Å². The Bertz CT molecular complexity index is 252. The summed E-state index contributed by atoms with van der Waals surface area (Å²) >= 11 is 0. The van der Waals surface area contributed by atoms with E-state index in [-0.39, 0.29) is 0 Å². The van der Waals surface area contributed by atoms with Gasteiger partial charge >= 0.3 is 0 Å². The van der Waals surface area contributed by atoms with Gasteiger partial charge in [0, 0.05) is 12.3 Å². The molecule has 1 heteroatoms. The zero-order valence-corrected chi connectivity index (χ0v) is 11.4. The van der Waals surface area contributed by atoms with Gasteiger partial charge in [0.05, 0.1) is 0 Å². The van der Waals surface area contributed by atoms with Crippen LogP contribution < -0.4 is 0 Å². The van der Waals surface area contributed by atoms with E-state index >= 15 is 0 Å². The van der Waals surface area contributed by atoms with Crippen LogP contribution in [-0.2, 0) is 0 Å². The third-order valence-corrected chi connectivity index (χ3v) is 4.26. The predicted molar refractivity (Wildman–Crippen MR) is 68.6 cm³/mol. The van der Waals surface area contributed by atoms with E-state index in [0.717, 1.165) is 6.54 Å². The van der Waals surface area contributed by atoms with Crippen LogP contribution in [-0.4, -0.2) is 12.3 Å². The van der Waals surface area contributed by atoms with E-state index in [1.807, 2.05) is 0 Å². The zero-order chi connectivity index (χ0) is 11.7. The first kappa shape index (κ1) is 12.7. The summed E-state index contributed by atoms with van der Waals surface area (Å²) in [6.45, 7) is 15.0. The van der Waals surface area contributed by atoms with Crippen molar-refractivity contribution in [1.29, 1.82) is 0 Å². The van der Waals surface area contributed by atoms with Gasteiger partial charge in [-0.3, -0.25) is 4.99 Å². The lowest BCUT2D eigenvalue weighted by Crippen LogP contribution is -2.42. The van der Waals surface area contributed by atoms with Crippen molar-refractivity contribution in [3.05, 3.63) is 0 Å². The highest BCUT2D eigenvalue weighted by Crippen LogP contribution is 2.49. The maximum atomic E-state index is 4.72. The minimum Gasteiger partial charge on any atom is -0.294 e. The minimum absolute atomic E-state index is 0.436. The van der Waals surface area contributed by atoms with Gasteiger partial charge in [0.15, 0.2) is 0 Å². The highest BCUT2D eigenvalue weighted by atomic mass is 14.8. The molecule has 0 amide bonds. The molecular formula is C14H27N. The molecule has 88 valence electrons. The Balaban J connectivity index is 2.99. The average Bonchev–Trinajstić information content (AvgIpc) is 2.13. The lowest BCUT2D eigenvalue weighted by Gasteiger charge is -2.47. The first-order valence-electron chi connectivity index (χ1n) is 6.38. The van der Waals surface area contributed by atoms with Gasteiger partial charge in [-0.05, 0) is 36.5 Å². The summed E-state index contributed by atoms with van der Waals surface area (Å²) in [5.41, 5.74) is 2.35. The summed E-state index contributed by atoms with van der Waals surface area (Å²) in [5, 5.41) is 0. The molecule has 1 aliphatic carbocycles. The van der Waals surface area contributed by atoms with Crippen LogP contribution in [0, 0.1) is 16.7 Å². The smallest absolute Gasteiger partial charge is 0.0360 e. The van der Waals surface area contributed by atoms with Crippen molar-refractivity contribution in [2.24, 2.45) is 21.7 Å². The van der Waals surface area contributed by atoms with E-state index in [1.165, 1.54) is 25.0 Å². The molecule has 0 aliphatic heterocycles. The molecular weight excluding hydrogens is 182 g/mol. The van der Waals surface area contributed by atoms with E-state index in [0.29, 0.717) is 16.7 Å². The Morgan fingerprint density at radius 1 is 1.27 bits per heavy atom. The molecule has 0 bridgehead atoms. The fraction of sp³-hybridized carbons (Fsp3) is 0.929. The van der Waals surface area contributed by atoms with Gasteiger partial charge < -0.3 is 0 Å². The van der Waals surface area contributed by atoms with Crippen LogP contribution in [0.15, 0.2) is 4.99 Å².